The molecule has 19 heavy (non-hydrogen) atoms. The topological polar surface area (TPSA) is 57.5 Å². The van der Waals surface area contributed by atoms with Crippen molar-refractivity contribution in [3.63, 3.8) is 0 Å². The first kappa shape index (κ1) is 20.7. The molecule has 0 aromatic rings. The van der Waals surface area contributed by atoms with Crippen molar-refractivity contribution in [2.75, 3.05) is 0 Å². The Labute approximate surface area is 119 Å². The molecule has 0 saturated carbocycles. The second-order valence-electron chi connectivity index (χ2n) is 6.14. The van der Waals surface area contributed by atoms with E-state index in [0.717, 1.165) is 12.8 Å². The van der Waals surface area contributed by atoms with Gasteiger partial charge in [-0.3, -0.25) is 4.79 Å². The Hall–Kier alpha value is -0.570. The Morgan fingerprint density at radius 3 is 1.47 bits per heavy atom. The first-order chi connectivity index (χ1) is 8.77. The molecule has 0 spiro atoms. The van der Waals surface area contributed by atoms with Crippen LogP contribution in [0.1, 0.15) is 91.9 Å². The SMILES string of the molecule is CC(C)(C)O.CCCCCCCCCCCC(=O)O. The lowest BCUT2D eigenvalue weighted by molar-refractivity contribution is -0.137. The lowest BCUT2D eigenvalue weighted by Crippen LogP contribution is -2.10. The van der Waals surface area contributed by atoms with Gasteiger partial charge in [0.1, 0.15) is 0 Å². The second-order valence-corrected chi connectivity index (χ2v) is 6.14. The van der Waals surface area contributed by atoms with E-state index < -0.39 is 11.6 Å². The first-order valence-corrected chi connectivity index (χ1v) is 7.71. The Balaban J connectivity index is 0. The van der Waals surface area contributed by atoms with Crippen LogP contribution in [-0.4, -0.2) is 21.8 Å². The monoisotopic (exact) mass is 274 g/mol. The maximum absolute atomic E-state index is 10.2. The van der Waals surface area contributed by atoms with Crippen LogP contribution in [0.5, 0.6) is 0 Å². The summed E-state index contributed by atoms with van der Waals surface area (Å²) in [6.45, 7) is 7.46. The minimum Gasteiger partial charge on any atom is -0.481 e. The average molecular weight is 274 g/mol. The van der Waals surface area contributed by atoms with Crippen molar-refractivity contribution in [3.05, 3.63) is 0 Å². The van der Waals surface area contributed by atoms with E-state index in [9.17, 15) is 4.79 Å². The maximum Gasteiger partial charge on any atom is 0.303 e. The van der Waals surface area contributed by atoms with Crippen LogP contribution in [0.2, 0.25) is 0 Å². The molecule has 0 aliphatic heterocycles. The minimum absolute atomic E-state index is 0.343. The summed E-state index contributed by atoms with van der Waals surface area (Å²) in [6, 6.07) is 0. The van der Waals surface area contributed by atoms with Gasteiger partial charge in [0, 0.05) is 6.42 Å². The van der Waals surface area contributed by atoms with Crippen molar-refractivity contribution in [2.45, 2.75) is 97.5 Å². The number of aliphatic carboxylic acids is 1. The summed E-state index contributed by atoms with van der Waals surface area (Å²) in [4.78, 5) is 10.2. The molecule has 2 N–H and O–H groups in total. The van der Waals surface area contributed by atoms with Crippen LogP contribution in [-0.2, 0) is 4.79 Å². The van der Waals surface area contributed by atoms with Gasteiger partial charge in [-0.25, -0.2) is 0 Å². The number of hydrogen-bond donors (Lipinski definition) is 2. The summed E-state index contributed by atoms with van der Waals surface area (Å²) in [5.74, 6) is -0.659. The molecule has 0 amide bonds. The Kier molecular flexibility index (Phi) is 15.1. The average Bonchev–Trinajstić information content (AvgIpc) is 2.24. The molecule has 0 rings (SSSR count). The lowest BCUT2D eigenvalue weighted by atomic mass is 10.1. The van der Waals surface area contributed by atoms with E-state index in [1.807, 2.05) is 0 Å². The highest BCUT2D eigenvalue weighted by Gasteiger charge is 1.98. The molecule has 0 aliphatic carbocycles. The minimum atomic E-state index is -0.659. The predicted molar refractivity (Wildman–Crippen MR) is 81.5 cm³/mol. The van der Waals surface area contributed by atoms with Gasteiger partial charge in [0.2, 0.25) is 0 Å². The van der Waals surface area contributed by atoms with Crippen molar-refractivity contribution in [1.82, 2.24) is 0 Å². The molecule has 0 radical (unpaired) electrons. The molecule has 0 aromatic heterocycles. The number of rotatable bonds is 10. The van der Waals surface area contributed by atoms with Crippen LogP contribution >= 0.6 is 0 Å². The quantitative estimate of drug-likeness (QED) is 0.564. The molecule has 0 fully saturated rings. The van der Waals surface area contributed by atoms with E-state index in [1.165, 1.54) is 44.9 Å². The van der Waals surface area contributed by atoms with E-state index in [-0.39, 0.29) is 0 Å². The first-order valence-electron chi connectivity index (χ1n) is 7.71. The third-order valence-corrected chi connectivity index (χ3v) is 2.49. The van der Waals surface area contributed by atoms with Crippen LogP contribution in [0.25, 0.3) is 0 Å². The van der Waals surface area contributed by atoms with Gasteiger partial charge in [0.05, 0.1) is 5.60 Å². The van der Waals surface area contributed by atoms with Crippen LogP contribution < -0.4 is 0 Å². The van der Waals surface area contributed by atoms with Gasteiger partial charge in [0.25, 0.3) is 0 Å². The smallest absolute Gasteiger partial charge is 0.303 e. The summed E-state index contributed by atoms with van der Waals surface area (Å²) in [5.41, 5.74) is -0.500. The van der Waals surface area contributed by atoms with Crippen LogP contribution in [0.4, 0.5) is 0 Å². The largest absolute Gasteiger partial charge is 0.481 e. The van der Waals surface area contributed by atoms with Gasteiger partial charge in [-0.05, 0) is 27.2 Å². The van der Waals surface area contributed by atoms with E-state index in [0.29, 0.717) is 6.42 Å². The summed E-state index contributed by atoms with van der Waals surface area (Å²) in [6.07, 6.45) is 11.5. The van der Waals surface area contributed by atoms with Gasteiger partial charge in [-0.1, -0.05) is 58.3 Å². The van der Waals surface area contributed by atoms with E-state index >= 15 is 0 Å². The third-order valence-electron chi connectivity index (χ3n) is 2.49. The number of carboxylic acid groups (broad SMARTS) is 1. The molecule has 0 unspecified atom stereocenters. The van der Waals surface area contributed by atoms with Crippen molar-refractivity contribution >= 4 is 5.97 Å². The van der Waals surface area contributed by atoms with Crippen molar-refractivity contribution in [1.29, 1.82) is 0 Å². The molecule has 0 saturated heterocycles. The molecule has 0 atom stereocenters. The fraction of sp³-hybridized carbons (Fsp3) is 0.938. The molecule has 3 heteroatoms. The fourth-order valence-corrected chi connectivity index (χ4v) is 1.59. The van der Waals surface area contributed by atoms with Crippen molar-refractivity contribution in [2.24, 2.45) is 0 Å². The molecule has 116 valence electrons. The highest BCUT2D eigenvalue weighted by atomic mass is 16.4. The van der Waals surface area contributed by atoms with Gasteiger partial charge in [0.15, 0.2) is 0 Å². The van der Waals surface area contributed by atoms with Crippen LogP contribution in [0.15, 0.2) is 0 Å². The van der Waals surface area contributed by atoms with Gasteiger partial charge >= 0.3 is 5.97 Å². The zero-order chi connectivity index (χ0) is 15.1. The van der Waals surface area contributed by atoms with Crippen molar-refractivity contribution in [3.8, 4) is 0 Å². The number of hydrogen-bond acceptors (Lipinski definition) is 2. The van der Waals surface area contributed by atoms with E-state index in [1.54, 1.807) is 20.8 Å². The molecular formula is C16H34O3. The molecule has 0 bridgehead atoms. The van der Waals surface area contributed by atoms with E-state index in [2.05, 4.69) is 6.92 Å². The Bertz CT molecular complexity index is 189. The van der Waals surface area contributed by atoms with Crippen molar-refractivity contribution < 1.29 is 15.0 Å². The summed E-state index contributed by atoms with van der Waals surface area (Å²) in [7, 11) is 0. The summed E-state index contributed by atoms with van der Waals surface area (Å²) < 4.78 is 0. The molecule has 3 nitrogen and oxygen atoms in total. The van der Waals surface area contributed by atoms with Gasteiger partial charge < -0.3 is 10.2 Å². The number of unbranched alkanes of at least 4 members (excludes halogenated alkanes) is 8. The highest BCUT2D eigenvalue weighted by Crippen LogP contribution is 2.10. The van der Waals surface area contributed by atoms with Gasteiger partial charge in [-0.15, -0.1) is 0 Å². The van der Waals surface area contributed by atoms with E-state index in [4.69, 9.17) is 10.2 Å². The zero-order valence-electron chi connectivity index (χ0n) is 13.4. The second kappa shape index (κ2) is 13.9. The number of carbonyl (C=O) groups is 1. The van der Waals surface area contributed by atoms with Crippen LogP contribution in [0, 0.1) is 0 Å². The highest BCUT2D eigenvalue weighted by molar-refractivity contribution is 5.66. The van der Waals surface area contributed by atoms with Gasteiger partial charge in [-0.2, -0.15) is 0 Å². The lowest BCUT2D eigenvalue weighted by Gasteiger charge is -2.04. The molecule has 0 heterocycles. The molecular weight excluding hydrogens is 240 g/mol. The number of carboxylic acids is 1. The predicted octanol–water partition coefficient (Wildman–Crippen LogP) is 4.77. The maximum atomic E-state index is 10.2. The summed E-state index contributed by atoms with van der Waals surface area (Å²) in [5, 5.41) is 16.9. The normalized spacial score (nSPS) is 10.8. The Morgan fingerprint density at radius 2 is 1.16 bits per heavy atom. The standard InChI is InChI=1S/C12H24O2.C4H10O/c1-2-3-4-5-6-7-8-9-10-11-12(13)14;1-4(2,3)5/h2-11H2,1H3,(H,13,14);5H,1-3H3. The number of aliphatic hydroxyl groups is 1. The zero-order valence-corrected chi connectivity index (χ0v) is 13.4. The van der Waals surface area contributed by atoms with Crippen LogP contribution in [0.3, 0.4) is 0 Å². The summed E-state index contributed by atoms with van der Waals surface area (Å²) >= 11 is 0. The Morgan fingerprint density at radius 1 is 0.842 bits per heavy atom. The third kappa shape index (κ3) is 38.1. The molecule has 0 aromatic carbocycles. The fourth-order valence-electron chi connectivity index (χ4n) is 1.59. The molecule has 0 aliphatic rings.